The van der Waals surface area contributed by atoms with Gasteiger partial charge in [0.25, 0.3) is 5.69 Å². The third-order valence-electron chi connectivity index (χ3n) is 3.31. The molecule has 0 saturated carbocycles. The fourth-order valence-corrected chi connectivity index (χ4v) is 3.27. The lowest BCUT2D eigenvalue weighted by Gasteiger charge is -2.22. The van der Waals surface area contributed by atoms with Crippen molar-refractivity contribution in [3.8, 4) is 0 Å². The Labute approximate surface area is 163 Å². The molecule has 2 rings (SSSR count). The molecule has 0 aromatic heterocycles. The van der Waals surface area contributed by atoms with Crippen molar-refractivity contribution in [1.29, 1.82) is 0 Å². The third-order valence-corrected chi connectivity index (χ3v) is 5.07. The van der Waals surface area contributed by atoms with Crippen molar-refractivity contribution in [2.24, 2.45) is 0 Å². The molecule has 0 aliphatic carbocycles. The van der Waals surface area contributed by atoms with E-state index in [2.05, 4.69) is 5.32 Å². The lowest BCUT2D eigenvalue weighted by Crippen LogP contribution is -2.37. The Kier molecular flexibility index (Phi) is 6.24. The number of amides is 1. The minimum Gasteiger partial charge on any atom is -0.323 e. The fourth-order valence-electron chi connectivity index (χ4n) is 2.08. The number of sulfonamides is 1. The molecule has 0 aliphatic rings. The second-order valence-electron chi connectivity index (χ2n) is 5.34. The summed E-state index contributed by atoms with van der Waals surface area (Å²) >= 11 is 11.6. The first-order valence-electron chi connectivity index (χ1n) is 7.15. The summed E-state index contributed by atoms with van der Waals surface area (Å²) in [5.41, 5.74) is -0.384. The van der Waals surface area contributed by atoms with Gasteiger partial charge in [0.2, 0.25) is 15.9 Å². The molecule has 0 radical (unpaired) electrons. The van der Waals surface area contributed by atoms with Crippen molar-refractivity contribution < 1.29 is 22.5 Å². The first-order chi connectivity index (χ1) is 12.5. The molecule has 0 spiro atoms. The van der Waals surface area contributed by atoms with Crippen molar-refractivity contribution in [2.75, 3.05) is 22.4 Å². The zero-order valence-electron chi connectivity index (χ0n) is 13.6. The molecule has 27 heavy (non-hydrogen) atoms. The number of nitrogens with one attached hydrogen (secondary N) is 1. The number of hydrogen-bond acceptors (Lipinski definition) is 5. The van der Waals surface area contributed by atoms with Crippen LogP contribution in [0, 0.1) is 15.9 Å². The monoisotopic (exact) mass is 435 g/mol. The lowest BCUT2D eigenvalue weighted by molar-refractivity contribution is -0.384. The molecule has 0 unspecified atom stereocenters. The summed E-state index contributed by atoms with van der Waals surface area (Å²) in [5, 5.41) is 12.9. The largest absolute Gasteiger partial charge is 0.323 e. The average Bonchev–Trinajstić information content (AvgIpc) is 2.56. The molecule has 0 bridgehead atoms. The van der Waals surface area contributed by atoms with E-state index < -0.39 is 33.2 Å². The lowest BCUT2D eigenvalue weighted by atomic mass is 10.2. The van der Waals surface area contributed by atoms with Crippen molar-refractivity contribution in [3.63, 3.8) is 0 Å². The molecule has 2 aromatic rings. The first-order valence-corrected chi connectivity index (χ1v) is 9.76. The van der Waals surface area contributed by atoms with Crippen molar-refractivity contribution in [3.05, 3.63) is 62.4 Å². The molecule has 0 saturated heterocycles. The number of carbonyl (C=O) groups excluding carboxylic acids is 1. The maximum atomic E-state index is 13.3. The van der Waals surface area contributed by atoms with Gasteiger partial charge < -0.3 is 5.32 Å². The van der Waals surface area contributed by atoms with Crippen LogP contribution in [0.15, 0.2) is 36.4 Å². The number of nitro benzene ring substituents is 1. The second-order valence-corrected chi connectivity index (χ2v) is 8.06. The minimum atomic E-state index is -3.92. The van der Waals surface area contributed by atoms with Crippen molar-refractivity contribution >= 4 is 56.2 Å². The average molecular weight is 436 g/mol. The van der Waals surface area contributed by atoms with Crippen LogP contribution < -0.4 is 9.62 Å². The summed E-state index contributed by atoms with van der Waals surface area (Å²) < 4.78 is 38.1. The van der Waals surface area contributed by atoms with Gasteiger partial charge in [-0.1, -0.05) is 23.2 Å². The number of halogens is 3. The van der Waals surface area contributed by atoms with Crippen molar-refractivity contribution in [1.82, 2.24) is 0 Å². The first kappa shape index (κ1) is 20.9. The highest BCUT2D eigenvalue weighted by atomic mass is 35.5. The zero-order valence-corrected chi connectivity index (χ0v) is 16.0. The maximum Gasteiger partial charge on any atom is 0.271 e. The Hall–Kier alpha value is -2.43. The second kappa shape index (κ2) is 8.07. The van der Waals surface area contributed by atoms with Crippen LogP contribution in [-0.4, -0.2) is 32.0 Å². The Morgan fingerprint density at radius 2 is 1.89 bits per heavy atom. The Balaban J connectivity index is 2.28. The number of benzene rings is 2. The van der Waals surface area contributed by atoms with Gasteiger partial charge in [-0.2, -0.15) is 0 Å². The van der Waals surface area contributed by atoms with Crippen LogP contribution in [0.5, 0.6) is 0 Å². The summed E-state index contributed by atoms with van der Waals surface area (Å²) in [6.45, 7) is -0.681. The zero-order chi connectivity index (χ0) is 20.4. The highest BCUT2D eigenvalue weighted by molar-refractivity contribution is 7.92. The minimum absolute atomic E-state index is 0.0239. The molecule has 144 valence electrons. The molecular weight excluding hydrogens is 424 g/mol. The van der Waals surface area contributed by atoms with Gasteiger partial charge in [-0.25, -0.2) is 12.8 Å². The van der Waals surface area contributed by atoms with Gasteiger partial charge in [0.1, 0.15) is 12.4 Å². The molecule has 12 heteroatoms. The van der Waals surface area contributed by atoms with Gasteiger partial charge in [0.05, 0.1) is 32.6 Å². The summed E-state index contributed by atoms with van der Waals surface area (Å²) in [5.74, 6) is -1.56. The van der Waals surface area contributed by atoms with E-state index >= 15 is 0 Å². The van der Waals surface area contributed by atoms with Gasteiger partial charge in [0, 0.05) is 12.1 Å². The molecule has 0 fully saturated rings. The maximum absolute atomic E-state index is 13.3. The Morgan fingerprint density at radius 1 is 1.22 bits per heavy atom. The number of non-ortho nitro benzene ring substituents is 1. The highest BCUT2D eigenvalue weighted by Crippen LogP contribution is 2.27. The van der Waals surface area contributed by atoms with Gasteiger partial charge in [0.15, 0.2) is 0 Å². The quantitative estimate of drug-likeness (QED) is 0.551. The molecule has 8 nitrogen and oxygen atoms in total. The number of anilines is 2. The van der Waals surface area contributed by atoms with E-state index in [1.807, 2.05) is 0 Å². The topological polar surface area (TPSA) is 110 Å². The highest BCUT2D eigenvalue weighted by Gasteiger charge is 2.22. The third kappa shape index (κ3) is 5.28. The van der Waals surface area contributed by atoms with Crippen molar-refractivity contribution in [2.45, 2.75) is 0 Å². The Bertz CT molecular complexity index is 1020. The molecule has 1 amide bonds. The van der Waals surface area contributed by atoms with Crippen LogP contribution in [0.25, 0.3) is 0 Å². The number of carbonyl (C=O) groups is 1. The molecule has 0 atom stereocenters. The van der Waals surface area contributed by atoms with Gasteiger partial charge in [-0.3, -0.25) is 19.2 Å². The molecule has 1 N–H and O–H groups in total. The molecular formula is C15H12Cl2FN3O5S. The number of nitrogens with zero attached hydrogens (tertiary/aromatic N) is 2. The number of rotatable bonds is 6. The molecule has 0 heterocycles. The van der Waals surface area contributed by atoms with Crippen LogP contribution in [0.1, 0.15) is 0 Å². The van der Waals surface area contributed by atoms with Gasteiger partial charge in [-0.05, 0) is 24.3 Å². The predicted octanol–water partition coefficient (Wildman–Crippen LogP) is 3.45. The van der Waals surface area contributed by atoms with Gasteiger partial charge in [-0.15, -0.1) is 0 Å². The van der Waals surface area contributed by atoms with E-state index in [4.69, 9.17) is 23.2 Å². The van der Waals surface area contributed by atoms with E-state index in [0.29, 0.717) is 4.31 Å². The van der Waals surface area contributed by atoms with E-state index in [9.17, 15) is 27.7 Å². The predicted molar refractivity (Wildman–Crippen MR) is 100 cm³/mol. The van der Waals surface area contributed by atoms with E-state index in [0.717, 1.165) is 36.6 Å². The molecule has 2 aromatic carbocycles. The Morgan fingerprint density at radius 3 is 2.44 bits per heavy atom. The van der Waals surface area contributed by atoms with Crippen LogP contribution >= 0.6 is 23.2 Å². The van der Waals surface area contributed by atoms with Crippen LogP contribution in [0.2, 0.25) is 10.0 Å². The summed E-state index contributed by atoms with van der Waals surface area (Å²) in [6.07, 6.45) is 0.859. The number of hydrogen-bond donors (Lipinski definition) is 1. The van der Waals surface area contributed by atoms with Gasteiger partial charge >= 0.3 is 0 Å². The van der Waals surface area contributed by atoms with E-state index in [1.165, 1.54) is 6.07 Å². The summed E-state index contributed by atoms with van der Waals surface area (Å²) in [6, 6.07) is 6.59. The van der Waals surface area contributed by atoms with Crippen LogP contribution in [0.4, 0.5) is 21.5 Å². The number of nitro groups is 1. The van der Waals surface area contributed by atoms with E-state index in [1.54, 1.807) is 0 Å². The molecule has 0 aliphatic heterocycles. The van der Waals surface area contributed by atoms with Crippen LogP contribution in [-0.2, 0) is 14.8 Å². The van der Waals surface area contributed by atoms with Crippen LogP contribution in [0.3, 0.4) is 0 Å². The van der Waals surface area contributed by atoms with E-state index in [-0.39, 0.29) is 27.1 Å². The SMILES string of the molecule is CS(=O)(=O)N(CC(=O)Nc1cc([N+](=O)[O-])ccc1Cl)c1ccc(F)c(Cl)c1. The summed E-state index contributed by atoms with van der Waals surface area (Å²) in [4.78, 5) is 22.4. The summed E-state index contributed by atoms with van der Waals surface area (Å²) in [7, 11) is -3.92. The smallest absolute Gasteiger partial charge is 0.271 e. The standard InChI is InChI=1S/C15H12Cl2FN3O5S/c1-27(25,26)20(9-3-5-13(18)12(17)6-9)8-15(22)19-14-7-10(21(23)24)2-4-11(14)16/h2-7H,8H2,1H3,(H,19,22). The normalized spacial score (nSPS) is 11.1. The fraction of sp³-hybridized carbons (Fsp3) is 0.133.